The highest BCUT2D eigenvalue weighted by Crippen LogP contribution is 2.26. The predicted molar refractivity (Wildman–Crippen MR) is 87.9 cm³/mol. The van der Waals surface area contributed by atoms with Gasteiger partial charge in [-0.25, -0.2) is 0 Å². The number of pyridine rings is 1. The molecule has 1 aromatic carbocycles. The largest absolute Gasteiger partial charge is 0.326 e. The van der Waals surface area contributed by atoms with Gasteiger partial charge in [0.2, 0.25) is 5.91 Å². The van der Waals surface area contributed by atoms with Gasteiger partial charge >= 0.3 is 0 Å². The Kier molecular flexibility index (Phi) is 4.41. The molecule has 0 saturated heterocycles. The van der Waals surface area contributed by atoms with Crippen LogP contribution in [0, 0.1) is 0 Å². The van der Waals surface area contributed by atoms with Gasteiger partial charge in [-0.3, -0.25) is 9.78 Å². The maximum Gasteiger partial charge on any atom is 0.224 e. The van der Waals surface area contributed by atoms with Gasteiger partial charge in [0, 0.05) is 37.1 Å². The first kappa shape index (κ1) is 15.0. The molecule has 4 nitrogen and oxygen atoms in total. The summed E-state index contributed by atoms with van der Waals surface area (Å²) in [4.78, 5) is 15.4. The molecule has 1 amide bonds. The molecule has 2 N–H and O–H groups in total. The average Bonchev–Trinajstić information content (AvgIpc) is 2.53. The van der Waals surface area contributed by atoms with E-state index in [4.69, 9.17) is 11.6 Å². The van der Waals surface area contributed by atoms with Gasteiger partial charge < -0.3 is 10.6 Å². The zero-order valence-corrected chi connectivity index (χ0v) is 13.2. The van der Waals surface area contributed by atoms with Gasteiger partial charge in [-0.1, -0.05) is 23.7 Å². The minimum Gasteiger partial charge on any atom is -0.326 e. The SMILES string of the molecule is CC(NCc1ccncc1Cl)c1ccc2c(c1)CCC(=O)N2. The molecule has 0 saturated carbocycles. The molecule has 0 aliphatic carbocycles. The number of hydrogen-bond acceptors (Lipinski definition) is 3. The highest BCUT2D eigenvalue weighted by Gasteiger charge is 2.16. The van der Waals surface area contributed by atoms with Gasteiger partial charge in [-0.2, -0.15) is 0 Å². The van der Waals surface area contributed by atoms with Crippen molar-refractivity contribution >= 4 is 23.2 Å². The maximum absolute atomic E-state index is 11.4. The Morgan fingerprint density at radius 1 is 1.36 bits per heavy atom. The fraction of sp³-hybridized carbons (Fsp3) is 0.294. The van der Waals surface area contributed by atoms with Crippen LogP contribution >= 0.6 is 11.6 Å². The van der Waals surface area contributed by atoms with Gasteiger partial charge in [-0.15, -0.1) is 0 Å². The zero-order chi connectivity index (χ0) is 15.5. The molecule has 0 radical (unpaired) electrons. The van der Waals surface area contributed by atoms with Crippen LogP contribution in [-0.2, 0) is 17.8 Å². The van der Waals surface area contributed by atoms with Crippen molar-refractivity contribution in [2.75, 3.05) is 5.32 Å². The molecule has 0 spiro atoms. The standard InChI is InChI=1S/C17H18ClN3O/c1-11(20-9-14-6-7-19-10-15(14)18)12-2-4-16-13(8-12)3-5-17(22)21-16/h2,4,6-8,10-11,20H,3,5,9H2,1H3,(H,21,22). The van der Waals surface area contributed by atoms with Crippen molar-refractivity contribution in [1.82, 2.24) is 10.3 Å². The number of rotatable bonds is 4. The second-order valence-corrected chi connectivity index (χ2v) is 5.94. The van der Waals surface area contributed by atoms with Crippen LogP contribution in [0.15, 0.2) is 36.7 Å². The van der Waals surface area contributed by atoms with Crippen molar-refractivity contribution in [2.24, 2.45) is 0 Å². The van der Waals surface area contributed by atoms with Crippen molar-refractivity contribution < 1.29 is 4.79 Å². The zero-order valence-electron chi connectivity index (χ0n) is 12.4. The van der Waals surface area contributed by atoms with Gasteiger partial charge in [0.15, 0.2) is 0 Å². The molecule has 1 atom stereocenters. The monoisotopic (exact) mass is 315 g/mol. The fourth-order valence-corrected chi connectivity index (χ4v) is 2.79. The summed E-state index contributed by atoms with van der Waals surface area (Å²) < 4.78 is 0. The van der Waals surface area contributed by atoms with E-state index in [1.807, 2.05) is 12.1 Å². The summed E-state index contributed by atoms with van der Waals surface area (Å²) in [6.07, 6.45) is 4.77. The molecule has 1 unspecified atom stereocenters. The van der Waals surface area contributed by atoms with E-state index in [0.717, 1.165) is 17.7 Å². The number of aromatic nitrogens is 1. The first-order valence-corrected chi connectivity index (χ1v) is 7.76. The maximum atomic E-state index is 11.4. The molecule has 1 aromatic heterocycles. The Balaban J connectivity index is 1.69. The molecule has 114 valence electrons. The summed E-state index contributed by atoms with van der Waals surface area (Å²) in [5.74, 6) is 0.0961. The fourth-order valence-electron chi connectivity index (χ4n) is 2.60. The van der Waals surface area contributed by atoms with Gasteiger partial charge in [0.05, 0.1) is 5.02 Å². The smallest absolute Gasteiger partial charge is 0.224 e. The Bertz CT molecular complexity index is 702. The molecular formula is C17H18ClN3O. The van der Waals surface area contributed by atoms with E-state index in [9.17, 15) is 4.79 Å². The second-order valence-electron chi connectivity index (χ2n) is 5.53. The predicted octanol–water partition coefficient (Wildman–Crippen LogP) is 3.47. The number of aryl methyl sites for hydroxylation is 1. The summed E-state index contributed by atoms with van der Waals surface area (Å²) >= 11 is 6.12. The molecule has 0 bridgehead atoms. The van der Waals surface area contributed by atoms with Crippen LogP contribution in [-0.4, -0.2) is 10.9 Å². The van der Waals surface area contributed by atoms with E-state index in [2.05, 4.69) is 34.7 Å². The average molecular weight is 316 g/mol. The van der Waals surface area contributed by atoms with Crippen LogP contribution in [0.2, 0.25) is 5.02 Å². The summed E-state index contributed by atoms with van der Waals surface area (Å²) in [7, 11) is 0. The quantitative estimate of drug-likeness (QED) is 0.908. The van der Waals surface area contributed by atoms with E-state index < -0.39 is 0 Å². The Labute approximate surface area is 134 Å². The van der Waals surface area contributed by atoms with E-state index in [1.165, 1.54) is 11.1 Å². The Morgan fingerprint density at radius 3 is 3.05 bits per heavy atom. The third-order valence-corrected chi connectivity index (χ3v) is 4.32. The number of benzene rings is 1. The molecule has 0 fully saturated rings. The highest BCUT2D eigenvalue weighted by molar-refractivity contribution is 6.31. The minimum atomic E-state index is 0.0961. The lowest BCUT2D eigenvalue weighted by Gasteiger charge is -2.20. The number of halogens is 1. The third kappa shape index (κ3) is 3.29. The van der Waals surface area contributed by atoms with Crippen molar-refractivity contribution in [3.8, 4) is 0 Å². The first-order chi connectivity index (χ1) is 10.6. The number of nitrogens with zero attached hydrogens (tertiary/aromatic N) is 1. The van der Waals surface area contributed by atoms with Crippen LogP contribution in [0.3, 0.4) is 0 Å². The topological polar surface area (TPSA) is 54.0 Å². The molecule has 1 aliphatic heterocycles. The van der Waals surface area contributed by atoms with E-state index >= 15 is 0 Å². The number of carbonyl (C=O) groups is 1. The molecule has 3 rings (SSSR count). The van der Waals surface area contributed by atoms with Crippen LogP contribution in [0.1, 0.15) is 36.1 Å². The number of hydrogen-bond donors (Lipinski definition) is 2. The summed E-state index contributed by atoms with van der Waals surface area (Å²) in [5, 5.41) is 7.06. The van der Waals surface area contributed by atoms with Crippen molar-refractivity contribution in [3.63, 3.8) is 0 Å². The van der Waals surface area contributed by atoms with Crippen LogP contribution in [0.5, 0.6) is 0 Å². The Morgan fingerprint density at radius 2 is 2.23 bits per heavy atom. The number of anilines is 1. The second kappa shape index (κ2) is 6.46. The lowest BCUT2D eigenvalue weighted by Crippen LogP contribution is -2.21. The summed E-state index contributed by atoms with van der Waals surface area (Å²) in [6, 6.07) is 8.33. The molecule has 2 heterocycles. The van der Waals surface area contributed by atoms with Crippen LogP contribution in [0.25, 0.3) is 0 Å². The van der Waals surface area contributed by atoms with Gasteiger partial charge in [0.25, 0.3) is 0 Å². The van der Waals surface area contributed by atoms with Crippen LogP contribution < -0.4 is 10.6 Å². The van der Waals surface area contributed by atoms with E-state index in [1.54, 1.807) is 12.4 Å². The van der Waals surface area contributed by atoms with Crippen molar-refractivity contribution in [1.29, 1.82) is 0 Å². The van der Waals surface area contributed by atoms with E-state index in [-0.39, 0.29) is 11.9 Å². The lowest BCUT2D eigenvalue weighted by molar-refractivity contribution is -0.116. The minimum absolute atomic E-state index is 0.0961. The number of fused-ring (bicyclic) bond motifs is 1. The van der Waals surface area contributed by atoms with Crippen molar-refractivity contribution in [3.05, 3.63) is 58.4 Å². The van der Waals surface area contributed by atoms with Crippen molar-refractivity contribution in [2.45, 2.75) is 32.4 Å². The number of nitrogens with one attached hydrogen (secondary N) is 2. The molecule has 5 heteroatoms. The first-order valence-electron chi connectivity index (χ1n) is 7.38. The normalized spacial score (nSPS) is 15.1. The molecular weight excluding hydrogens is 298 g/mol. The molecule has 22 heavy (non-hydrogen) atoms. The van der Waals surface area contributed by atoms with Gasteiger partial charge in [0.1, 0.15) is 0 Å². The number of carbonyl (C=O) groups excluding carboxylic acids is 1. The third-order valence-electron chi connectivity index (χ3n) is 3.98. The number of amides is 1. The van der Waals surface area contributed by atoms with Crippen LogP contribution in [0.4, 0.5) is 5.69 Å². The lowest BCUT2D eigenvalue weighted by atomic mass is 9.97. The van der Waals surface area contributed by atoms with Gasteiger partial charge in [-0.05, 0) is 42.2 Å². The Hall–Kier alpha value is -1.91. The molecule has 2 aromatic rings. The molecule has 1 aliphatic rings. The highest BCUT2D eigenvalue weighted by atomic mass is 35.5. The summed E-state index contributed by atoms with van der Waals surface area (Å²) in [6.45, 7) is 2.81. The van der Waals surface area contributed by atoms with E-state index in [0.29, 0.717) is 18.0 Å². The summed E-state index contributed by atoms with van der Waals surface area (Å²) in [5.41, 5.74) is 4.38.